The number of hydrogen-bond donors (Lipinski definition) is 0. The molecular formula is C7H16BaO2. The van der Waals surface area contributed by atoms with Crippen molar-refractivity contribution in [2.24, 2.45) is 0 Å². The molecular weight excluding hydrogens is 253 g/mol. The van der Waals surface area contributed by atoms with Gasteiger partial charge in [-0.05, 0) is 6.92 Å². The minimum Gasteiger partial charge on any atom is -1.00 e. The second kappa shape index (κ2) is 13.1. The third kappa shape index (κ3) is 12.2. The van der Waals surface area contributed by atoms with E-state index in [9.17, 15) is 0 Å². The SMILES string of the molecule is [Ba+2].[CH2-]CCOCCOCC.[H-]. The fraction of sp³-hybridized carbons (Fsp3) is 0.857. The molecule has 0 aliphatic rings. The van der Waals surface area contributed by atoms with Crippen molar-refractivity contribution in [3.63, 3.8) is 0 Å². The van der Waals surface area contributed by atoms with Crippen molar-refractivity contribution in [1.82, 2.24) is 0 Å². The van der Waals surface area contributed by atoms with Crippen LogP contribution in [0.5, 0.6) is 0 Å². The van der Waals surface area contributed by atoms with E-state index >= 15 is 0 Å². The van der Waals surface area contributed by atoms with Crippen LogP contribution in [0.25, 0.3) is 0 Å². The van der Waals surface area contributed by atoms with Crippen LogP contribution in [0.15, 0.2) is 0 Å². The van der Waals surface area contributed by atoms with Crippen LogP contribution >= 0.6 is 0 Å². The Bertz CT molecular complexity index is 49.7. The van der Waals surface area contributed by atoms with Gasteiger partial charge in [0.2, 0.25) is 0 Å². The van der Waals surface area contributed by atoms with Crippen LogP contribution in [0.1, 0.15) is 14.8 Å². The summed E-state index contributed by atoms with van der Waals surface area (Å²) in [5, 5.41) is 0. The topological polar surface area (TPSA) is 18.5 Å². The van der Waals surface area contributed by atoms with Crippen LogP contribution in [0.3, 0.4) is 0 Å². The van der Waals surface area contributed by atoms with Crippen LogP contribution in [-0.2, 0) is 9.47 Å². The second-order valence-corrected chi connectivity index (χ2v) is 1.66. The molecule has 58 valence electrons. The van der Waals surface area contributed by atoms with Gasteiger partial charge in [-0.3, -0.25) is 0 Å². The molecule has 0 bridgehead atoms. The molecule has 0 unspecified atom stereocenters. The first kappa shape index (κ1) is 14.0. The molecule has 0 fully saturated rings. The van der Waals surface area contributed by atoms with Crippen molar-refractivity contribution in [3.05, 3.63) is 6.92 Å². The van der Waals surface area contributed by atoms with Gasteiger partial charge in [0, 0.05) is 13.2 Å². The van der Waals surface area contributed by atoms with Gasteiger partial charge < -0.3 is 17.8 Å². The van der Waals surface area contributed by atoms with Crippen LogP contribution in [0.2, 0.25) is 0 Å². The molecule has 0 saturated heterocycles. The standard InChI is InChI=1S/C7H15O2.Ba.H/c1-3-5-9-7-6-8-4-2;;/h1,3-7H2,2H3;;/q-1;+2;-1. The van der Waals surface area contributed by atoms with Crippen molar-refractivity contribution in [2.45, 2.75) is 13.3 Å². The fourth-order valence-electron chi connectivity index (χ4n) is 0.466. The van der Waals surface area contributed by atoms with Crippen molar-refractivity contribution in [2.75, 3.05) is 26.4 Å². The summed E-state index contributed by atoms with van der Waals surface area (Å²) in [4.78, 5) is 0. The first-order valence-corrected chi connectivity index (χ1v) is 3.36. The molecule has 0 heterocycles. The van der Waals surface area contributed by atoms with Crippen LogP contribution in [0.4, 0.5) is 0 Å². The Balaban J connectivity index is -0.000000320. The summed E-state index contributed by atoms with van der Waals surface area (Å²) < 4.78 is 10.1. The molecule has 10 heavy (non-hydrogen) atoms. The van der Waals surface area contributed by atoms with E-state index in [0.717, 1.165) is 19.6 Å². The molecule has 2 nitrogen and oxygen atoms in total. The Kier molecular flexibility index (Phi) is 18.4. The van der Waals surface area contributed by atoms with Crippen molar-refractivity contribution < 1.29 is 10.9 Å². The van der Waals surface area contributed by atoms with E-state index in [1.54, 1.807) is 0 Å². The largest absolute Gasteiger partial charge is 2.00 e. The summed E-state index contributed by atoms with van der Waals surface area (Å²) in [6, 6.07) is 0. The van der Waals surface area contributed by atoms with Crippen LogP contribution < -0.4 is 0 Å². The van der Waals surface area contributed by atoms with Gasteiger partial charge in [0.15, 0.2) is 0 Å². The zero-order valence-corrected chi connectivity index (χ0v) is 11.2. The van der Waals surface area contributed by atoms with Crippen molar-refractivity contribution in [1.29, 1.82) is 0 Å². The van der Waals surface area contributed by atoms with Crippen LogP contribution in [-0.4, -0.2) is 75.3 Å². The molecule has 0 spiro atoms. The van der Waals surface area contributed by atoms with Gasteiger partial charge in [-0.2, -0.15) is 6.42 Å². The maximum absolute atomic E-state index is 5.10. The van der Waals surface area contributed by atoms with Gasteiger partial charge in [-0.1, -0.05) is 0 Å². The Morgan fingerprint density at radius 1 is 1.20 bits per heavy atom. The number of ether oxygens (including phenoxy) is 2. The van der Waals surface area contributed by atoms with Gasteiger partial charge in [0.25, 0.3) is 0 Å². The summed E-state index contributed by atoms with van der Waals surface area (Å²) in [6.07, 6.45) is 0.839. The minimum atomic E-state index is 0. The van der Waals surface area contributed by atoms with E-state index in [1.165, 1.54) is 0 Å². The first-order valence-electron chi connectivity index (χ1n) is 3.36. The average molecular weight is 270 g/mol. The Labute approximate surface area is 105 Å². The third-order valence-electron chi connectivity index (χ3n) is 0.865. The van der Waals surface area contributed by atoms with Gasteiger partial charge in [-0.15, -0.1) is 0 Å². The van der Waals surface area contributed by atoms with E-state index in [2.05, 4.69) is 6.92 Å². The molecule has 0 aromatic rings. The van der Waals surface area contributed by atoms with Crippen molar-refractivity contribution >= 4 is 48.9 Å². The van der Waals surface area contributed by atoms with E-state index in [-0.39, 0.29) is 50.3 Å². The van der Waals surface area contributed by atoms with E-state index in [4.69, 9.17) is 9.47 Å². The smallest absolute Gasteiger partial charge is 1.00 e. The Morgan fingerprint density at radius 3 is 2.30 bits per heavy atom. The molecule has 3 heteroatoms. The zero-order chi connectivity index (χ0) is 6.95. The Morgan fingerprint density at radius 2 is 1.80 bits per heavy atom. The third-order valence-corrected chi connectivity index (χ3v) is 0.865. The molecule has 0 atom stereocenters. The molecule has 0 aliphatic carbocycles. The minimum absolute atomic E-state index is 0. The quantitative estimate of drug-likeness (QED) is 0.407. The van der Waals surface area contributed by atoms with Gasteiger partial charge >= 0.3 is 48.9 Å². The van der Waals surface area contributed by atoms with Gasteiger partial charge in [0.1, 0.15) is 0 Å². The van der Waals surface area contributed by atoms with Gasteiger partial charge in [-0.25, -0.2) is 0 Å². The predicted octanol–water partition coefficient (Wildman–Crippen LogP) is 0.995. The molecule has 0 radical (unpaired) electrons. The summed E-state index contributed by atoms with van der Waals surface area (Å²) in [5.74, 6) is 0. The Hall–Kier alpha value is 1.49. The first-order chi connectivity index (χ1) is 4.41. The summed E-state index contributed by atoms with van der Waals surface area (Å²) in [7, 11) is 0. The number of rotatable bonds is 6. The maximum Gasteiger partial charge on any atom is 2.00 e. The molecule has 0 aliphatic heterocycles. The molecule has 0 rings (SSSR count). The van der Waals surface area contributed by atoms with E-state index in [1.807, 2.05) is 6.92 Å². The summed E-state index contributed by atoms with van der Waals surface area (Å²) in [6.45, 7) is 8.53. The molecule has 0 aromatic heterocycles. The van der Waals surface area contributed by atoms with Gasteiger partial charge in [0.05, 0.1) is 13.2 Å². The molecule has 0 saturated carbocycles. The fourth-order valence-corrected chi connectivity index (χ4v) is 0.466. The number of hydrogen-bond acceptors (Lipinski definition) is 2. The summed E-state index contributed by atoms with van der Waals surface area (Å²) in [5.41, 5.74) is 0. The monoisotopic (exact) mass is 270 g/mol. The van der Waals surface area contributed by atoms with E-state index in [0.29, 0.717) is 13.2 Å². The predicted molar refractivity (Wildman–Crippen MR) is 44.2 cm³/mol. The second-order valence-electron chi connectivity index (χ2n) is 1.66. The zero-order valence-electron chi connectivity index (χ0n) is 7.77. The van der Waals surface area contributed by atoms with Crippen molar-refractivity contribution in [3.8, 4) is 0 Å². The molecule has 0 amide bonds. The van der Waals surface area contributed by atoms with E-state index < -0.39 is 0 Å². The summed E-state index contributed by atoms with van der Waals surface area (Å²) >= 11 is 0. The average Bonchev–Trinajstić information content (AvgIpc) is 1.89. The van der Waals surface area contributed by atoms with Crippen LogP contribution in [0, 0.1) is 6.92 Å². The molecule has 0 aromatic carbocycles. The normalized spacial score (nSPS) is 9.00. The maximum atomic E-state index is 5.10. The molecule has 0 N–H and O–H groups in total.